The maximum absolute atomic E-state index is 5.20. The van der Waals surface area contributed by atoms with Gasteiger partial charge in [0.2, 0.25) is 0 Å². The minimum atomic E-state index is 0.439. The van der Waals surface area contributed by atoms with Gasteiger partial charge in [-0.15, -0.1) is 23.1 Å². The minimum Gasteiger partial charge on any atom is -0.380 e. The van der Waals surface area contributed by atoms with E-state index >= 15 is 0 Å². The van der Waals surface area contributed by atoms with Gasteiger partial charge in [0.05, 0.1) is 17.4 Å². The third-order valence-corrected chi connectivity index (χ3v) is 4.52. The van der Waals surface area contributed by atoms with E-state index in [1.807, 2.05) is 23.1 Å². The van der Waals surface area contributed by atoms with Gasteiger partial charge in [0.25, 0.3) is 0 Å². The molecule has 0 atom stereocenters. The molecule has 1 aromatic rings. The van der Waals surface area contributed by atoms with Crippen molar-refractivity contribution in [2.24, 2.45) is 5.41 Å². The molecule has 1 nitrogen and oxygen atoms in total. The van der Waals surface area contributed by atoms with E-state index in [4.69, 9.17) is 4.74 Å². The summed E-state index contributed by atoms with van der Waals surface area (Å²) in [7, 11) is 0. The third-order valence-electron chi connectivity index (χ3n) is 1.96. The Labute approximate surface area is 81.1 Å². The Bertz CT molecular complexity index is 239. The Morgan fingerprint density at radius 1 is 1.67 bits per heavy atom. The lowest BCUT2D eigenvalue weighted by atomic mass is 9.92. The molecule has 3 heteroatoms. The zero-order valence-corrected chi connectivity index (χ0v) is 8.71. The Morgan fingerprint density at radius 3 is 3.00 bits per heavy atom. The first-order valence-electron chi connectivity index (χ1n) is 4.03. The Kier molecular flexibility index (Phi) is 2.44. The minimum absolute atomic E-state index is 0.439. The molecular formula is C9H12OS2. The third kappa shape index (κ3) is 1.84. The molecule has 0 aliphatic carbocycles. The van der Waals surface area contributed by atoms with Crippen LogP contribution < -0.4 is 0 Å². The van der Waals surface area contributed by atoms with Gasteiger partial charge in [-0.25, -0.2) is 0 Å². The number of rotatable bonds is 3. The maximum atomic E-state index is 5.20. The summed E-state index contributed by atoms with van der Waals surface area (Å²) in [5.74, 6) is 1.19. The summed E-state index contributed by atoms with van der Waals surface area (Å²) in [5.41, 5.74) is 0.439. The fourth-order valence-corrected chi connectivity index (χ4v) is 3.02. The molecule has 0 unspecified atom stereocenters. The highest BCUT2D eigenvalue weighted by molar-refractivity contribution is 8.01. The van der Waals surface area contributed by atoms with E-state index in [9.17, 15) is 0 Å². The lowest BCUT2D eigenvalue weighted by Crippen LogP contribution is -2.41. The normalized spacial score (nSPS) is 20.4. The summed E-state index contributed by atoms with van der Waals surface area (Å²) in [5, 5.41) is 2.13. The summed E-state index contributed by atoms with van der Waals surface area (Å²) in [6.45, 7) is 4.16. The summed E-state index contributed by atoms with van der Waals surface area (Å²) in [6.07, 6.45) is 0. The largest absolute Gasteiger partial charge is 0.380 e. The summed E-state index contributed by atoms with van der Waals surface area (Å²) >= 11 is 3.77. The standard InChI is InChI=1S/C9H12OS2/c1-9(5-10-6-9)7-12-8-3-2-4-11-8/h2-4H,5-7H2,1H3. The van der Waals surface area contributed by atoms with Crippen molar-refractivity contribution in [1.82, 2.24) is 0 Å². The molecule has 1 aliphatic heterocycles. The molecule has 0 bridgehead atoms. The van der Waals surface area contributed by atoms with Crippen LogP contribution in [0.5, 0.6) is 0 Å². The topological polar surface area (TPSA) is 9.23 Å². The zero-order chi connectivity index (χ0) is 8.44. The number of ether oxygens (including phenoxy) is 1. The molecule has 0 N–H and O–H groups in total. The summed E-state index contributed by atoms with van der Waals surface area (Å²) in [4.78, 5) is 0. The fourth-order valence-electron chi connectivity index (χ4n) is 1.12. The van der Waals surface area contributed by atoms with E-state index in [2.05, 4.69) is 24.4 Å². The molecule has 1 aromatic heterocycles. The predicted octanol–water partition coefficient (Wildman–Crippen LogP) is 2.88. The van der Waals surface area contributed by atoms with Crippen LogP contribution in [0, 0.1) is 5.41 Å². The second kappa shape index (κ2) is 3.40. The first-order chi connectivity index (χ1) is 5.79. The van der Waals surface area contributed by atoms with Gasteiger partial charge in [-0.2, -0.15) is 0 Å². The van der Waals surface area contributed by atoms with Crippen LogP contribution >= 0.6 is 23.1 Å². The monoisotopic (exact) mass is 200 g/mol. The fraction of sp³-hybridized carbons (Fsp3) is 0.556. The average Bonchev–Trinajstić information content (AvgIpc) is 2.49. The van der Waals surface area contributed by atoms with Crippen LogP contribution in [0.1, 0.15) is 6.92 Å². The molecule has 0 radical (unpaired) electrons. The van der Waals surface area contributed by atoms with Crippen molar-refractivity contribution < 1.29 is 4.74 Å². The molecule has 0 spiro atoms. The van der Waals surface area contributed by atoms with Crippen molar-refractivity contribution in [2.75, 3.05) is 19.0 Å². The van der Waals surface area contributed by atoms with Crippen LogP contribution in [0.4, 0.5) is 0 Å². The van der Waals surface area contributed by atoms with E-state index < -0.39 is 0 Å². The summed E-state index contributed by atoms with van der Waals surface area (Å²) in [6, 6.07) is 4.28. The molecular weight excluding hydrogens is 188 g/mol. The average molecular weight is 200 g/mol. The highest BCUT2D eigenvalue weighted by atomic mass is 32.2. The second-order valence-corrected chi connectivity index (χ2v) is 5.75. The Hall–Kier alpha value is 0.01000. The van der Waals surface area contributed by atoms with Crippen LogP contribution in [0.25, 0.3) is 0 Å². The van der Waals surface area contributed by atoms with Crippen molar-refractivity contribution in [2.45, 2.75) is 11.1 Å². The predicted molar refractivity (Wildman–Crippen MR) is 54.0 cm³/mol. The molecule has 0 amide bonds. The quantitative estimate of drug-likeness (QED) is 0.694. The van der Waals surface area contributed by atoms with Gasteiger partial charge >= 0.3 is 0 Å². The van der Waals surface area contributed by atoms with Gasteiger partial charge in [-0.1, -0.05) is 13.0 Å². The highest BCUT2D eigenvalue weighted by Gasteiger charge is 2.33. The van der Waals surface area contributed by atoms with E-state index in [-0.39, 0.29) is 0 Å². The van der Waals surface area contributed by atoms with E-state index in [1.165, 1.54) is 9.96 Å². The Morgan fingerprint density at radius 2 is 2.50 bits per heavy atom. The molecule has 1 fully saturated rings. The van der Waals surface area contributed by atoms with Gasteiger partial charge in [-0.3, -0.25) is 0 Å². The zero-order valence-electron chi connectivity index (χ0n) is 7.08. The van der Waals surface area contributed by atoms with E-state index in [0.29, 0.717) is 5.41 Å². The van der Waals surface area contributed by atoms with Crippen molar-refractivity contribution in [3.8, 4) is 0 Å². The SMILES string of the molecule is CC1(CSc2cccs2)COC1. The molecule has 0 aromatic carbocycles. The van der Waals surface area contributed by atoms with Crippen molar-refractivity contribution in [3.63, 3.8) is 0 Å². The summed E-state index contributed by atoms with van der Waals surface area (Å²) < 4.78 is 6.62. The van der Waals surface area contributed by atoms with Crippen molar-refractivity contribution >= 4 is 23.1 Å². The molecule has 66 valence electrons. The maximum Gasteiger partial charge on any atom is 0.0598 e. The second-order valence-electron chi connectivity index (χ2n) is 3.52. The van der Waals surface area contributed by atoms with Gasteiger partial charge in [-0.05, 0) is 11.4 Å². The number of thiophene rings is 1. The Balaban J connectivity index is 1.82. The first-order valence-corrected chi connectivity index (χ1v) is 5.89. The van der Waals surface area contributed by atoms with Crippen molar-refractivity contribution in [1.29, 1.82) is 0 Å². The lowest BCUT2D eigenvalue weighted by molar-refractivity contribution is -0.0861. The van der Waals surface area contributed by atoms with Crippen LogP contribution in [0.15, 0.2) is 21.7 Å². The number of thioether (sulfide) groups is 1. The molecule has 1 aliphatic rings. The number of hydrogen-bond donors (Lipinski definition) is 0. The highest BCUT2D eigenvalue weighted by Crippen LogP contribution is 2.35. The van der Waals surface area contributed by atoms with Crippen molar-refractivity contribution in [3.05, 3.63) is 17.5 Å². The van der Waals surface area contributed by atoms with E-state index in [0.717, 1.165) is 13.2 Å². The van der Waals surface area contributed by atoms with Crippen LogP contribution in [-0.2, 0) is 4.74 Å². The molecule has 2 heterocycles. The molecule has 0 saturated carbocycles. The van der Waals surface area contributed by atoms with Gasteiger partial charge in [0, 0.05) is 11.2 Å². The lowest BCUT2D eigenvalue weighted by Gasteiger charge is -2.37. The smallest absolute Gasteiger partial charge is 0.0598 e. The van der Waals surface area contributed by atoms with Gasteiger partial charge in [0.15, 0.2) is 0 Å². The molecule has 2 rings (SSSR count). The van der Waals surface area contributed by atoms with Gasteiger partial charge < -0.3 is 4.74 Å². The van der Waals surface area contributed by atoms with Crippen LogP contribution in [0.3, 0.4) is 0 Å². The van der Waals surface area contributed by atoms with Crippen LogP contribution in [0.2, 0.25) is 0 Å². The van der Waals surface area contributed by atoms with E-state index in [1.54, 1.807) is 0 Å². The molecule has 1 saturated heterocycles. The number of hydrogen-bond acceptors (Lipinski definition) is 3. The van der Waals surface area contributed by atoms with Gasteiger partial charge in [0.1, 0.15) is 0 Å². The first kappa shape index (κ1) is 8.60. The van der Waals surface area contributed by atoms with Crippen LogP contribution in [-0.4, -0.2) is 19.0 Å². The molecule has 12 heavy (non-hydrogen) atoms.